The van der Waals surface area contributed by atoms with Gasteiger partial charge in [0.2, 0.25) is 0 Å². The van der Waals surface area contributed by atoms with Crippen LogP contribution >= 0.6 is 0 Å². The number of aliphatic imine (C=N–C) groups is 1. The van der Waals surface area contributed by atoms with E-state index in [9.17, 15) is 0 Å². The van der Waals surface area contributed by atoms with Crippen LogP contribution in [0.4, 0.5) is 0 Å². The van der Waals surface area contributed by atoms with Crippen molar-refractivity contribution in [1.29, 1.82) is 0 Å². The van der Waals surface area contributed by atoms with Gasteiger partial charge in [0.15, 0.2) is 0 Å². The van der Waals surface area contributed by atoms with Gasteiger partial charge in [-0.3, -0.25) is 4.99 Å². The van der Waals surface area contributed by atoms with Crippen molar-refractivity contribution in [2.24, 2.45) is 4.99 Å². The molecule has 1 aliphatic heterocycles. The van der Waals surface area contributed by atoms with E-state index < -0.39 is 0 Å². The average molecular weight is 205 g/mol. The minimum absolute atomic E-state index is 0.471. The summed E-state index contributed by atoms with van der Waals surface area (Å²) in [6.45, 7) is 0. The van der Waals surface area contributed by atoms with Crippen LogP contribution in [0.25, 0.3) is 0 Å². The van der Waals surface area contributed by atoms with Crippen molar-refractivity contribution < 1.29 is 0 Å². The third-order valence-corrected chi connectivity index (χ3v) is 3.61. The van der Waals surface area contributed by atoms with Crippen LogP contribution in [0.3, 0.4) is 0 Å². The molecular formula is C15H11N. The van der Waals surface area contributed by atoms with E-state index in [1.54, 1.807) is 0 Å². The van der Waals surface area contributed by atoms with E-state index in [0.717, 1.165) is 12.1 Å². The zero-order valence-electron chi connectivity index (χ0n) is 8.85. The number of fused-ring (bicyclic) bond motifs is 4. The van der Waals surface area contributed by atoms with Crippen LogP contribution in [-0.2, 0) is 6.42 Å². The van der Waals surface area contributed by atoms with Crippen LogP contribution in [-0.4, -0.2) is 6.21 Å². The van der Waals surface area contributed by atoms with Crippen LogP contribution in [0.15, 0.2) is 64.3 Å². The molecule has 0 fully saturated rings. The van der Waals surface area contributed by atoms with Crippen molar-refractivity contribution >= 4 is 6.21 Å². The highest BCUT2D eigenvalue weighted by Gasteiger charge is 2.29. The lowest BCUT2D eigenvalue weighted by Gasteiger charge is -2.15. The predicted molar refractivity (Wildman–Crippen MR) is 65.6 cm³/mol. The molecule has 16 heavy (non-hydrogen) atoms. The van der Waals surface area contributed by atoms with Crippen molar-refractivity contribution in [2.45, 2.75) is 12.3 Å². The quantitative estimate of drug-likeness (QED) is 0.617. The maximum Gasteiger partial charge on any atom is 0.0672 e. The molecule has 0 N–H and O–H groups in total. The van der Waals surface area contributed by atoms with E-state index in [1.165, 1.54) is 22.3 Å². The molecular weight excluding hydrogens is 194 g/mol. The van der Waals surface area contributed by atoms with Gasteiger partial charge in [0.1, 0.15) is 0 Å². The Kier molecular flexibility index (Phi) is 1.46. The molecule has 1 heteroatoms. The van der Waals surface area contributed by atoms with Crippen LogP contribution in [0.2, 0.25) is 0 Å². The summed E-state index contributed by atoms with van der Waals surface area (Å²) in [7, 11) is 0. The van der Waals surface area contributed by atoms with Gasteiger partial charge in [-0.25, -0.2) is 0 Å². The maximum absolute atomic E-state index is 4.39. The molecule has 0 saturated carbocycles. The Morgan fingerprint density at radius 2 is 2.12 bits per heavy atom. The van der Waals surface area contributed by atoms with Crippen LogP contribution in [0.5, 0.6) is 0 Å². The molecule has 0 spiro atoms. The standard InChI is InChI=1S/C15H11N/c1-2-4-13-10(3-1)7-12-8-11-5-6-16-15(11)9-14(12)13/h1-6,8-9,14H,7H2. The molecule has 1 aromatic carbocycles. The van der Waals surface area contributed by atoms with Gasteiger partial charge in [-0.1, -0.05) is 35.9 Å². The molecule has 0 saturated heterocycles. The fourth-order valence-electron chi connectivity index (χ4n) is 2.84. The van der Waals surface area contributed by atoms with E-state index in [1.807, 2.05) is 6.21 Å². The smallest absolute Gasteiger partial charge is 0.0672 e. The molecule has 1 heterocycles. The lowest BCUT2D eigenvalue weighted by atomic mass is 9.90. The van der Waals surface area contributed by atoms with Gasteiger partial charge < -0.3 is 0 Å². The van der Waals surface area contributed by atoms with Gasteiger partial charge in [-0.05, 0) is 29.7 Å². The SMILES string of the molecule is C1=NC2=CC3C(=CC2=C1)Cc1ccccc13. The van der Waals surface area contributed by atoms with E-state index in [2.05, 4.69) is 47.5 Å². The minimum atomic E-state index is 0.471. The predicted octanol–water partition coefficient (Wildman–Crippen LogP) is 3.16. The monoisotopic (exact) mass is 205 g/mol. The molecule has 76 valence electrons. The third kappa shape index (κ3) is 0.977. The average Bonchev–Trinajstić information content (AvgIpc) is 2.88. The van der Waals surface area contributed by atoms with Crippen molar-refractivity contribution in [1.82, 2.24) is 0 Å². The number of allylic oxidation sites excluding steroid dienone is 4. The lowest BCUT2D eigenvalue weighted by Crippen LogP contribution is -2.00. The van der Waals surface area contributed by atoms with Gasteiger partial charge in [0, 0.05) is 17.7 Å². The number of hydrogen-bond donors (Lipinski definition) is 0. The summed E-state index contributed by atoms with van der Waals surface area (Å²) in [6, 6.07) is 8.73. The van der Waals surface area contributed by atoms with Crippen LogP contribution in [0, 0.1) is 0 Å². The Balaban J connectivity index is 1.92. The van der Waals surface area contributed by atoms with Crippen molar-refractivity contribution in [3.05, 3.63) is 70.5 Å². The summed E-state index contributed by atoms with van der Waals surface area (Å²) in [5, 5.41) is 0. The molecule has 3 aliphatic rings. The molecule has 1 atom stereocenters. The van der Waals surface area contributed by atoms with Crippen molar-refractivity contribution in [3.63, 3.8) is 0 Å². The van der Waals surface area contributed by atoms with Gasteiger partial charge in [0.05, 0.1) is 5.70 Å². The third-order valence-electron chi connectivity index (χ3n) is 3.61. The van der Waals surface area contributed by atoms with Crippen LogP contribution < -0.4 is 0 Å². The highest BCUT2D eigenvalue weighted by atomic mass is 14.8. The maximum atomic E-state index is 4.39. The molecule has 2 aliphatic carbocycles. The normalized spacial score (nSPS) is 24.2. The van der Waals surface area contributed by atoms with Gasteiger partial charge in [-0.15, -0.1) is 0 Å². The number of rotatable bonds is 0. The fourth-order valence-corrected chi connectivity index (χ4v) is 2.84. The molecule has 1 nitrogen and oxygen atoms in total. The zero-order chi connectivity index (χ0) is 10.5. The van der Waals surface area contributed by atoms with Gasteiger partial charge >= 0.3 is 0 Å². The van der Waals surface area contributed by atoms with Gasteiger partial charge in [-0.2, -0.15) is 0 Å². The highest BCUT2D eigenvalue weighted by molar-refractivity contribution is 5.82. The van der Waals surface area contributed by atoms with E-state index in [0.29, 0.717) is 5.92 Å². The highest BCUT2D eigenvalue weighted by Crippen LogP contribution is 2.43. The molecule has 0 bridgehead atoms. The number of hydrogen-bond acceptors (Lipinski definition) is 1. The minimum Gasteiger partial charge on any atom is -0.257 e. The number of benzene rings is 1. The second-order valence-electron chi connectivity index (χ2n) is 4.52. The molecule has 1 unspecified atom stereocenters. The summed E-state index contributed by atoms with van der Waals surface area (Å²) in [4.78, 5) is 4.39. The summed E-state index contributed by atoms with van der Waals surface area (Å²) >= 11 is 0. The molecule has 1 aromatic rings. The number of nitrogens with zero attached hydrogens (tertiary/aromatic N) is 1. The first-order chi connectivity index (χ1) is 7.92. The van der Waals surface area contributed by atoms with Crippen molar-refractivity contribution in [3.8, 4) is 0 Å². The zero-order valence-corrected chi connectivity index (χ0v) is 8.85. The topological polar surface area (TPSA) is 12.4 Å². The first-order valence-electron chi connectivity index (χ1n) is 5.66. The summed E-state index contributed by atoms with van der Waals surface area (Å²) in [6.07, 6.45) is 9.70. The summed E-state index contributed by atoms with van der Waals surface area (Å²) in [5.41, 5.74) is 6.87. The fraction of sp³-hybridized carbons (Fsp3) is 0.133. The largest absolute Gasteiger partial charge is 0.257 e. The van der Waals surface area contributed by atoms with Crippen molar-refractivity contribution in [2.75, 3.05) is 0 Å². The van der Waals surface area contributed by atoms with E-state index >= 15 is 0 Å². The summed E-state index contributed by atoms with van der Waals surface area (Å²) in [5.74, 6) is 0.471. The first kappa shape index (κ1) is 8.28. The van der Waals surface area contributed by atoms with E-state index in [4.69, 9.17) is 0 Å². The Labute approximate surface area is 94.5 Å². The van der Waals surface area contributed by atoms with Crippen LogP contribution in [0.1, 0.15) is 17.0 Å². The summed E-state index contributed by atoms with van der Waals surface area (Å²) < 4.78 is 0. The Morgan fingerprint density at radius 3 is 3.12 bits per heavy atom. The molecule has 4 rings (SSSR count). The second kappa shape index (κ2) is 2.82. The first-order valence-corrected chi connectivity index (χ1v) is 5.66. The van der Waals surface area contributed by atoms with E-state index in [-0.39, 0.29) is 0 Å². The Morgan fingerprint density at radius 1 is 1.19 bits per heavy atom. The Bertz CT molecular complexity index is 600. The molecule has 0 radical (unpaired) electrons. The molecule has 0 amide bonds. The van der Waals surface area contributed by atoms with Gasteiger partial charge in [0.25, 0.3) is 0 Å². The Hall–Kier alpha value is -1.89. The lowest BCUT2D eigenvalue weighted by molar-refractivity contribution is 0.987. The molecule has 0 aromatic heterocycles. The second-order valence-corrected chi connectivity index (χ2v) is 4.52.